The summed E-state index contributed by atoms with van der Waals surface area (Å²) < 4.78 is 7.39. The van der Waals surface area contributed by atoms with Crippen molar-refractivity contribution in [2.24, 2.45) is 0 Å². The van der Waals surface area contributed by atoms with Gasteiger partial charge in [0, 0.05) is 59.2 Å². The molecular formula is C49H33N3S. The highest BCUT2D eigenvalue weighted by Gasteiger charge is 2.23. The molecule has 0 N–H and O–H groups in total. The minimum absolute atomic E-state index is 1.14. The Morgan fingerprint density at radius 3 is 1.40 bits per heavy atom. The van der Waals surface area contributed by atoms with Crippen molar-refractivity contribution in [2.45, 2.75) is 16.7 Å². The number of nitrogens with zero attached hydrogens (tertiary/aromatic N) is 3. The molecule has 3 aromatic heterocycles. The van der Waals surface area contributed by atoms with Crippen molar-refractivity contribution in [3.05, 3.63) is 188 Å². The molecule has 0 aliphatic rings. The van der Waals surface area contributed by atoms with Gasteiger partial charge in [-0.2, -0.15) is 0 Å². The summed E-state index contributed by atoms with van der Waals surface area (Å²) in [4.78, 5) is 2.46. The molecule has 0 fully saturated rings. The number of aromatic nitrogens is 3. The normalized spacial score (nSPS) is 11.9. The van der Waals surface area contributed by atoms with Crippen LogP contribution in [0.15, 0.2) is 192 Å². The minimum Gasteiger partial charge on any atom is -0.309 e. The molecule has 0 aliphatic heterocycles. The van der Waals surface area contributed by atoms with Crippen LogP contribution in [-0.4, -0.2) is 13.7 Å². The Bertz CT molecular complexity index is 3170. The topological polar surface area (TPSA) is 14.8 Å². The van der Waals surface area contributed by atoms with Crippen LogP contribution in [0.4, 0.5) is 0 Å². The predicted octanol–water partition coefficient (Wildman–Crippen LogP) is 13.4. The molecule has 3 heterocycles. The van der Waals surface area contributed by atoms with Gasteiger partial charge in [-0.15, -0.1) is 0 Å². The van der Waals surface area contributed by atoms with Crippen LogP contribution in [0.3, 0.4) is 0 Å². The molecule has 53 heavy (non-hydrogen) atoms. The minimum atomic E-state index is 1.14. The third-order valence-electron chi connectivity index (χ3n) is 10.7. The molecule has 0 saturated heterocycles. The van der Waals surface area contributed by atoms with Crippen molar-refractivity contribution in [1.82, 2.24) is 13.7 Å². The lowest BCUT2D eigenvalue weighted by Crippen LogP contribution is -1.99. The van der Waals surface area contributed by atoms with Crippen LogP contribution in [0.1, 0.15) is 5.56 Å². The first-order valence-corrected chi connectivity index (χ1v) is 18.9. The lowest BCUT2D eigenvalue weighted by Gasteiger charge is -2.13. The van der Waals surface area contributed by atoms with Gasteiger partial charge < -0.3 is 13.7 Å². The second-order valence-electron chi connectivity index (χ2n) is 13.9. The van der Waals surface area contributed by atoms with E-state index in [-0.39, 0.29) is 0 Å². The van der Waals surface area contributed by atoms with E-state index in [1.807, 2.05) is 0 Å². The first-order chi connectivity index (χ1) is 26.2. The summed E-state index contributed by atoms with van der Waals surface area (Å²) >= 11 is 1.80. The van der Waals surface area contributed by atoms with Gasteiger partial charge in [0.05, 0.1) is 33.1 Å². The summed E-state index contributed by atoms with van der Waals surface area (Å²) in [5.41, 5.74) is 11.9. The fourth-order valence-corrected chi connectivity index (χ4v) is 9.20. The molecule has 0 radical (unpaired) electrons. The maximum atomic E-state index is 2.51. The third-order valence-corrected chi connectivity index (χ3v) is 11.8. The Hall–Kier alpha value is -6.49. The fourth-order valence-electron chi connectivity index (χ4n) is 8.38. The van der Waals surface area contributed by atoms with Crippen molar-refractivity contribution < 1.29 is 0 Å². The van der Waals surface area contributed by atoms with E-state index in [0.717, 1.165) is 17.1 Å². The van der Waals surface area contributed by atoms with E-state index in [1.165, 1.54) is 80.8 Å². The van der Waals surface area contributed by atoms with E-state index < -0.39 is 0 Å². The molecule has 8 aromatic carbocycles. The van der Waals surface area contributed by atoms with Crippen molar-refractivity contribution in [1.29, 1.82) is 0 Å². The monoisotopic (exact) mass is 695 g/mol. The zero-order chi connectivity index (χ0) is 35.0. The van der Waals surface area contributed by atoms with Gasteiger partial charge in [0.1, 0.15) is 0 Å². The third kappa shape index (κ3) is 4.62. The van der Waals surface area contributed by atoms with Gasteiger partial charge in [-0.05, 0) is 91.9 Å². The standard InChI is InChI=1S/C49H33N3S/c1-32-20-24-36(25-21-32)53-37-26-22-35(23-27-37)52-47-31-46-42(39-17-9-10-18-44(39)50(46)33-12-4-2-5-13-33)30-43(47)41-29-28-40-38-16-8-11-19-45(38)51(48(40)49(41)52)34-14-6-3-7-15-34/h2-31H,1H3. The zero-order valence-corrected chi connectivity index (χ0v) is 29.9. The van der Waals surface area contributed by atoms with Crippen molar-refractivity contribution in [3.63, 3.8) is 0 Å². The van der Waals surface area contributed by atoms with E-state index in [1.54, 1.807) is 11.8 Å². The summed E-state index contributed by atoms with van der Waals surface area (Å²) in [7, 11) is 0. The van der Waals surface area contributed by atoms with Crippen LogP contribution < -0.4 is 0 Å². The van der Waals surface area contributed by atoms with Gasteiger partial charge >= 0.3 is 0 Å². The molecule has 0 amide bonds. The average molecular weight is 696 g/mol. The first-order valence-electron chi connectivity index (χ1n) is 18.1. The lowest BCUT2D eigenvalue weighted by molar-refractivity contribution is 1.14. The second kappa shape index (κ2) is 11.8. The van der Waals surface area contributed by atoms with Crippen LogP contribution in [0.2, 0.25) is 0 Å². The second-order valence-corrected chi connectivity index (χ2v) is 15.0. The molecule has 3 nitrogen and oxygen atoms in total. The molecule has 0 aliphatic carbocycles. The maximum absolute atomic E-state index is 2.51. The maximum Gasteiger partial charge on any atom is 0.0788 e. The van der Waals surface area contributed by atoms with E-state index in [2.05, 4.69) is 203 Å². The van der Waals surface area contributed by atoms with Crippen molar-refractivity contribution >= 4 is 77.2 Å². The molecule has 250 valence electrons. The number of fused-ring (bicyclic) bond motifs is 10. The van der Waals surface area contributed by atoms with Crippen molar-refractivity contribution in [2.75, 3.05) is 0 Å². The Balaban J connectivity index is 1.28. The average Bonchev–Trinajstić information content (AvgIpc) is 3.84. The van der Waals surface area contributed by atoms with E-state index in [0.29, 0.717) is 0 Å². The lowest BCUT2D eigenvalue weighted by atomic mass is 10.1. The quantitative estimate of drug-likeness (QED) is 0.175. The van der Waals surface area contributed by atoms with Crippen LogP contribution in [0, 0.1) is 6.92 Å². The van der Waals surface area contributed by atoms with Gasteiger partial charge in [0.2, 0.25) is 0 Å². The highest BCUT2D eigenvalue weighted by atomic mass is 32.2. The molecule has 0 atom stereocenters. The van der Waals surface area contributed by atoms with Crippen LogP contribution >= 0.6 is 11.8 Å². The summed E-state index contributed by atoms with van der Waals surface area (Å²) in [6, 6.07) is 66.6. The summed E-state index contributed by atoms with van der Waals surface area (Å²) in [5.74, 6) is 0. The van der Waals surface area contributed by atoms with Crippen molar-refractivity contribution in [3.8, 4) is 17.1 Å². The molecule has 0 saturated carbocycles. The SMILES string of the molecule is Cc1ccc(Sc2ccc(-n3c4cc5c(cc4c4ccc6c7ccccc7n(-c7ccccc7)c6c43)c3ccccc3n5-c3ccccc3)cc2)cc1. The fraction of sp³-hybridized carbons (Fsp3) is 0.0204. The summed E-state index contributed by atoms with van der Waals surface area (Å²) in [6.45, 7) is 2.14. The summed E-state index contributed by atoms with van der Waals surface area (Å²) in [6.07, 6.45) is 0. The number of aryl methyl sites for hydroxylation is 1. The first kappa shape index (κ1) is 30.2. The largest absolute Gasteiger partial charge is 0.309 e. The van der Waals surface area contributed by atoms with Gasteiger partial charge in [0.15, 0.2) is 0 Å². The van der Waals surface area contributed by atoms with Crippen LogP contribution in [-0.2, 0) is 0 Å². The number of benzene rings is 8. The molecule has 4 heteroatoms. The predicted molar refractivity (Wildman–Crippen MR) is 225 cm³/mol. The number of hydrogen-bond acceptors (Lipinski definition) is 1. The Morgan fingerprint density at radius 2 is 0.755 bits per heavy atom. The number of rotatable bonds is 5. The highest BCUT2D eigenvalue weighted by molar-refractivity contribution is 7.99. The van der Waals surface area contributed by atoms with Gasteiger partial charge in [-0.3, -0.25) is 0 Å². The molecule has 11 aromatic rings. The Morgan fingerprint density at radius 1 is 0.321 bits per heavy atom. The van der Waals surface area contributed by atoms with Crippen LogP contribution in [0.5, 0.6) is 0 Å². The molecule has 0 bridgehead atoms. The molecule has 0 unspecified atom stereocenters. The molecule has 0 spiro atoms. The van der Waals surface area contributed by atoms with Gasteiger partial charge in [0.25, 0.3) is 0 Å². The molecular weight excluding hydrogens is 663 g/mol. The number of para-hydroxylation sites is 4. The zero-order valence-electron chi connectivity index (χ0n) is 29.1. The highest BCUT2D eigenvalue weighted by Crippen LogP contribution is 2.44. The smallest absolute Gasteiger partial charge is 0.0788 e. The van der Waals surface area contributed by atoms with E-state index in [9.17, 15) is 0 Å². The number of hydrogen-bond donors (Lipinski definition) is 0. The summed E-state index contributed by atoms with van der Waals surface area (Å²) in [5, 5.41) is 7.49. The van der Waals surface area contributed by atoms with Gasteiger partial charge in [-0.25, -0.2) is 0 Å². The van der Waals surface area contributed by atoms with Gasteiger partial charge in [-0.1, -0.05) is 114 Å². The molecule has 11 rings (SSSR count). The van der Waals surface area contributed by atoms with E-state index in [4.69, 9.17) is 0 Å². The Kier molecular flexibility index (Phi) is 6.70. The Labute approximate surface area is 310 Å². The van der Waals surface area contributed by atoms with Crippen LogP contribution in [0.25, 0.3) is 82.5 Å². The van der Waals surface area contributed by atoms with E-state index >= 15 is 0 Å².